The summed E-state index contributed by atoms with van der Waals surface area (Å²) < 4.78 is 5.80. The number of carbonyl (C=O) groups is 2. The summed E-state index contributed by atoms with van der Waals surface area (Å²) in [7, 11) is 5.95. The van der Waals surface area contributed by atoms with Gasteiger partial charge in [-0.25, -0.2) is 4.98 Å². The molecule has 8 heteroatoms. The molecule has 1 aromatic carbocycles. The molecule has 1 spiro atoms. The highest BCUT2D eigenvalue weighted by Gasteiger charge is 2.53. The zero-order valence-electron chi connectivity index (χ0n) is 22.4. The molecule has 3 aliphatic rings. The largest absolute Gasteiger partial charge is 0.478 e. The quantitative estimate of drug-likeness (QED) is 0.447. The first kappa shape index (κ1) is 24.8. The summed E-state index contributed by atoms with van der Waals surface area (Å²) in [6.45, 7) is 2.85. The van der Waals surface area contributed by atoms with Crippen LogP contribution in [0.5, 0.6) is 5.88 Å². The van der Waals surface area contributed by atoms with Crippen LogP contribution in [-0.4, -0.2) is 79.0 Å². The van der Waals surface area contributed by atoms with Gasteiger partial charge in [0, 0.05) is 61.4 Å². The topological polar surface area (TPSA) is 78.9 Å². The summed E-state index contributed by atoms with van der Waals surface area (Å²) in [5.74, 6) is 1.20. The Morgan fingerprint density at radius 3 is 2.53 bits per heavy atom. The average molecular weight is 514 g/mol. The maximum atomic E-state index is 13.7. The predicted octanol–water partition coefficient (Wildman–Crippen LogP) is 3.87. The van der Waals surface area contributed by atoms with Crippen LogP contribution in [0.2, 0.25) is 0 Å². The van der Waals surface area contributed by atoms with Crippen molar-refractivity contribution < 1.29 is 14.3 Å². The number of nitrogens with zero attached hydrogens (tertiary/aromatic N) is 5. The fraction of sp³-hybridized carbons (Fsp3) is 0.467. The van der Waals surface area contributed by atoms with Crippen LogP contribution in [0.1, 0.15) is 37.7 Å². The van der Waals surface area contributed by atoms with Crippen molar-refractivity contribution in [2.45, 2.75) is 37.5 Å². The molecule has 8 nitrogen and oxygen atoms in total. The number of benzene rings is 1. The molecule has 3 aromatic rings. The molecular formula is C30H35N5O3. The molecule has 1 saturated carbocycles. The van der Waals surface area contributed by atoms with Gasteiger partial charge in [0.2, 0.25) is 17.7 Å². The zero-order chi connectivity index (χ0) is 26.4. The van der Waals surface area contributed by atoms with Crippen molar-refractivity contribution >= 4 is 28.4 Å². The molecule has 0 bridgehead atoms. The molecule has 38 heavy (non-hydrogen) atoms. The normalized spacial score (nSPS) is 18.5. The van der Waals surface area contributed by atoms with Gasteiger partial charge in [-0.3, -0.25) is 14.6 Å². The molecule has 2 aliphatic heterocycles. The van der Waals surface area contributed by atoms with Crippen LogP contribution in [0.4, 0.5) is 5.69 Å². The highest BCUT2D eigenvalue weighted by atomic mass is 16.5. The van der Waals surface area contributed by atoms with Crippen LogP contribution in [-0.2, 0) is 15.0 Å². The molecule has 0 atom stereocenters. The van der Waals surface area contributed by atoms with E-state index in [1.165, 1.54) is 0 Å². The van der Waals surface area contributed by atoms with Crippen molar-refractivity contribution in [2.24, 2.45) is 5.92 Å². The Labute approximate surface area is 223 Å². The SMILES string of the molecule is CN(C)CCCOc1ccc(-c2ccc3ncc4c(c3c2)C2(CCN(C(=O)C3CC3)CC2)C(=O)N4C)cn1. The van der Waals surface area contributed by atoms with E-state index in [0.29, 0.717) is 38.4 Å². The van der Waals surface area contributed by atoms with Gasteiger partial charge in [-0.15, -0.1) is 0 Å². The molecular weight excluding hydrogens is 478 g/mol. The van der Waals surface area contributed by atoms with Crippen molar-refractivity contribution in [1.29, 1.82) is 0 Å². The van der Waals surface area contributed by atoms with E-state index in [9.17, 15) is 9.59 Å². The van der Waals surface area contributed by atoms with Crippen molar-refractivity contribution in [3.63, 3.8) is 0 Å². The number of hydrogen-bond donors (Lipinski definition) is 0. The number of hydrogen-bond acceptors (Lipinski definition) is 6. The summed E-state index contributed by atoms with van der Waals surface area (Å²) in [6, 6.07) is 10.2. The van der Waals surface area contributed by atoms with Gasteiger partial charge in [0.25, 0.3) is 0 Å². The predicted molar refractivity (Wildman–Crippen MR) is 147 cm³/mol. The molecule has 0 unspecified atom stereocenters. The van der Waals surface area contributed by atoms with Gasteiger partial charge in [-0.1, -0.05) is 6.07 Å². The smallest absolute Gasteiger partial charge is 0.237 e. The number of likely N-dealkylation sites (tertiary alicyclic amines) is 1. The van der Waals surface area contributed by atoms with Crippen molar-refractivity contribution in [3.8, 4) is 17.0 Å². The van der Waals surface area contributed by atoms with Gasteiger partial charge >= 0.3 is 0 Å². The lowest BCUT2D eigenvalue weighted by atomic mass is 9.72. The number of anilines is 1. The molecule has 4 heterocycles. The summed E-state index contributed by atoms with van der Waals surface area (Å²) in [4.78, 5) is 41.5. The fourth-order valence-corrected chi connectivity index (χ4v) is 6.01. The molecule has 2 fully saturated rings. The summed E-state index contributed by atoms with van der Waals surface area (Å²) >= 11 is 0. The Kier molecular flexibility index (Phi) is 6.30. The van der Waals surface area contributed by atoms with Crippen LogP contribution in [0.25, 0.3) is 22.0 Å². The zero-order valence-corrected chi connectivity index (χ0v) is 22.4. The minimum Gasteiger partial charge on any atom is -0.478 e. The minimum atomic E-state index is -0.618. The number of piperidine rings is 1. The number of fused-ring (bicyclic) bond motifs is 4. The second-order valence-corrected chi connectivity index (χ2v) is 11.2. The highest BCUT2D eigenvalue weighted by molar-refractivity contribution is 6.12. The van der Waals surface area contributed by atoms with E-state index in [4.69, 9.17) is 9.72 Å². The van der Waals surface area contributed by atoms with E-state index >= 15 is 0 Å². The molecule has 6 rings (SSSR count). The van der Waals surface area contributed by atoms with Gasteiger partial charge in [0.1, 0.15) is 0 Å². The number of ether oxygens (including phenoxy) is 1. The second-order valence-electron chi connectivity index (χ2n) is 11.2. The van der Waals surface area contributed by atoms with E-state index in [-0.39, 0.29) is 17.7 Å². The standard InChI is InChI=1S/C30H35N5O3/c1-33(2)13-4-16-38-26-10-8-22(18-32-26)21-7-9-24-23(17-21)27-25(19-31-24)34(3)29(37)30(27)11-14-35(15-12-30)28(36)20-5-6-20/h7-10,17-20H,4-6,11-16H2,1-3H3. The number of rotatable bonds is 7. The van der Waals surface area contributed by atoms with E-state index < -0.39 is 5.41 Å². The Bertz CT molecular complexity index is 1370. The van der Waals surface area contributed by atoms with Crippen LogP contribution >= 0.6 is 0 Å². The van der Waals surface area contributed by atoms with Crippen molar-refractivity contribution in [3.05, 3.63) is 48.3 Å². The molecule has 198 valence electrons. The summed E-state index contributed by atoms with van der Waals surface area (Å²) in [5, 5.41) is 1.00. The van der Waals surface area contributed by atoms with Crippen LogP contribution < -0.4 is 9.64 Å². The summed E-state index contributed by atoms with van der Waals surface area (Å²) in [6.07, 6.45) is 7.91. The van der Waals surface area contributed by atoms with E-state index in [2.05, 4.69) is 36.1 Å². The molecule has 2 aromatic heterocycles. The lowest BCUT2D eigenvalue weighted by molar-refractivity contribution is -0.136. The van der Waals surface area contributed by atoms with Crippen LogP contribution in [0, 0.1) is 5.92 Å². The van der Waals surface area contributed by atoms with Crippen molar-refractivity contribution in [2.75, 3.05) is 52.3 Å². The highest BCUT2D eigenvalue weighted by Crippen LogP contribution is 2.50. The van der Waals surface area contributed by atoms with Crippen molar-refractivity contribution in [1.82, 2.24) is 19.8 Å². The maximum absolute atomic E-state index is 13.7. The van der Waals surface area contributed by atoms with E-state index in [1.54, 1.807) is 4.90 Å². The number of aromatic nitrogens is 2. The van der Waals surface area contributed by atoms with Gasteiger partial charge < -0.3 is 19.4 Å². The Balaban J connectivity index is 1.29. The fourth-order valence-electron chi connectivity index (χ4n) is 6.01. The number of amides is 2. The monoisotopic (exact) mass is 513 g/mol. The Morgan fingerprint density at radius 1 is 1.08 bits per heavy atom. The van der Waals surface area contributed by atoms with Gasteiger partial charge in [-0.05, 0) is 70.0 Å². The number of likely N-dealkylation sites (N-methyl/N-ethyl adjacent to an activating group) is 1. The van der Waals surface area contributed by atoms with Gasteiger partial charge in [0.05, 0.1) is 29.4 Å². The first-order valence-corrected chi connectivity index (χ1v) is 13.6. The molecule has 0 N–H and O–H groups in total. The molecule has 1 saturated heterocycles. The second kappa shape index (κ2) is 9.66. The van der Waals surface area contributed by atoms with E-state index in [1.807, 2.05) is 42.5 Å². The van der Waals surface area contributed by atoms with E-state index in [0.717, 1.165) is 59.1 Å². The Hall–Kier alpha value is -3.52. The molecule has 0 radical (unpaired) electrons. The van der Waals surface area contributed by atoms with Crippen LogP contribution in [0.3, 0.4) is 0 Å². The number of pyridine rings is 2. The van der Waals surface area contributed by atoms with Gasteiger partial charge in [-0.2, -0.15) is 0 Å². The number of carbonyl (C=O) groups excluding carboxylic acids is 2. The minimum absolute atomic E-state index is 0.114. The third-order valence-electron chi connectivity index (χ3n) is 8.33. The van der Waals surface area contributed by atoms with Crippen LogP contribution in [0.15, 0.2) is 42.7 Å². The summed E-state index contributed by atoms with van der Waals surface area (Å²) in [5.41, 5.74) is 4.21. The first-order chi connectivity index (χ1) is 18.4. The average Bonchev–Trinajstić information content (AvgIpc) is 3.77. The third-order valence-corrected chi connectivity index (χ3v) is 8.33. The third kappa shape index (κ3) is 4.30. The lowest BCUT2D eigenvalue weighted by Gasteiger charge is -2.38. The first-order valence-electron chi connectivity index (χ1n) is 13.6. The molecule has 1 aliphatic carbocycles. The maximum Gasteiger partial charge on any atom is 0.237 e. The molecule has 2 amide bonds. The van der Waals surface area contributed by atoms with Gasteiger partial charge in [0.15, 0.2) is 0 Å². The lowest BCUT2D eigenvalue weighted by Crippen LogP contribution is -2.50. The Morgan fingerprint density at radius 2 is 1.84 bits per heavy atom.